The molecule has 30 valence electrons. The molecule has 0 aliphatic heterocycles. The summed E-state index contributed by atoms with van der Waals surface area (Å²) in [5.41, 5.74) is 0. The molecule has 1 nitrogen and oxygen atoms in total. The lowest BCUT2D eigenvalue weighted by molar-refractivity contribution is 0.438. The van der Waals surface area contributed by atoms with Crippen molar-refractivity contribution >= 4 is 12.9 Å². The Hall–Kier alpha value is 0.0500. The van der Waals surface area contributed by atoms with Crippen LogP contribution in [0.3, 0.4) is 0 Å². The van der Waals surface area contributed by atoms with E-state index in [1.807, 2.05) is 0 Å². The summed E-state index contributed by atoms with van der Waals surface area (Å²) in [5.74, 6) is 0. The normalized spacial score (nSPS) is 7.40. The van der Waals surface area contributed by atoms with Gasteiger partial charge in [0.2, 0.25) is 0 Å². The van der Waals surface area contributed by atoms with E-state index in [1.54, 1.807) is 6.08 Å². The molecule has 0 bridgehead atoms. The van der Waals surface area contributed by atoms with E-state index in [0.717, 1.165) is 0 Å². The van der Waals surface area contributed by atoms with E-state index >= 15 is 0 Å². The van der Waals surface area contributed by atoms with Crippen LogP contribution in [0.5, 0.6) is 0 Å². The van der Waals surface area contributed by atoms with Gasteiger partial charge in [-0.05, 0) is 12.9 Å². The second kappa shape index (κ2) is 4.05. The number of hydrogen-bond donors (Lipinski definition) is 1. The standard InChI is InChI=1S/C3H6OS/c1-2-3-4-5/h2,5H,1,3H2. The van der Waals surface area contributed by atoms with E-state index in [9.17, 15) is 0 Å². The average Bonchev–Trinajstić information content (AvgIpc) is 1.41. The van der Waals surface area contributed by atoms with E-state index in [-0.39, 0.29) is 0 Å². The molecule has 0 unspecified atom stereocenters. The fourth-order valence-corrected chi connectivity index (χ4v) is 0.158. The van der Waals surface area contributed by atoms with Gasteiger partial charge in [-0.15, -0.1) is 6.58 Å². The molecular weight excluding hydrogens is 84.1 g/mol. The van der Waals surface area contributed by atoms with E-state index in [1.165, 1.54) is 0 Å². The fourth-order valence-electron chi connectivity index (χ4n) is 0.0527. The molecular formula is C3H6OS. The van der Waals surface area contributed by atoms with E-state index in [4.69, 9.17) is 0 Å². The number of hydrogen-bond acceptors (Lipinski definition) is 2. The minimum Gasteiger partial charge on any atom is -0.314 e. The first-order valence-corrected chi connectivity index (χ1v) is 1.65. The van der Waals surface area contributed by atoms with Gasteiger partial charge in [0, 0.05) is 0 Å². The van der Waals surface area contributed by atoms with Crippen molar-refractivity contribution in [1.29, 1.82) is 0 Å². The smallest absolute Gasteiger partial charge is 0.0789 e. The van der Waals surface area contributed by atoms with Crippen molar-refractivity contribution in [2.75, 3.05) is 6.61 Å². The van der Waals surface area contributed by atoms with Crippen LogP contribution in [0.15, 0.2) is 12.7 Å². The molecule has 2 heteroatoms. The summed E-state index contributed by atoms with van der Waals surface area (Å²) < 4.78 is 4.27. The fraction of sp³-hybridized carbons (Fsp3) is 0.333. The molecule has 0 atom stereocenters. The highest BCUT2D eigenvalue weighted by Crippen LogP contribution is 1.73. The lowest BCUT2D eigenvalue weighted by atomic mass is 10.7. The van der Waals surface area contributed by atoms with E-state index in [2.05, 4.69) is 23.7 Å². The Morgan fingerprint density at radius 1 is 2.00 bits per heavy atom. The molecule has 0 aliphatic rings. The number of rotatable bonds is 2. The molecule has 0 aliphatic carbocycles. The van der Waals surface area contributed by atoms with Crippen molar-refractivity contribution in [3.63, 3.8) is 0 Å². The van der Waals surface area contributed by atoms with Crippen LogP contribution in [0, 0.1) is 0 Å². The zero-order chi connectivity index (χ0) is 4.12. The van der Waals surface area contributed by atoms with Gasteiger partial charge in [-0.2, -0.15) is 0 Å². The summed E-state index contributed by atoms with van der Waals surface area (Å²) in [4.78, 5) is 0. The van der Waals surface area contributed by atoms with Crippen LogP contribution in [0.2, 0.25) is 0 Å². The molecule has 0 saturated carbocycles. The molecule has 0 aromatic rings. The zero-order valence-electron chi connectivity index (χ0n) is 2.85. The summed E-state index contributed by atoms with van der Waals surface area (Å²) in [6.45, 7) is 3.89. The maximum Gasteiger partial charge on any atom is 0.0789 e. The minimum absolute atomic E-state index is 0.517. The van der Waals surface area contributed by atoms with Gasteiger partial charge in [0.25, 0.3) is 0 Å². The third-order valence-corrected chi connectivity index (χ3v) is 0.341. The highest BCUT2D eigenvalue weighted by molar-refractivity contribution is 7.75. The molecule has 0 aromatic heterocycles. The lowest BCUT2D eigenvalue weighted by Gasteiger charge is -1.77. The largest absolute Gasteiger partial charge is 0.314 e. The third-order valence-electron chi connectivity index (χ3n) is 0.192. The summed E-state index contributed by atoms with van der Waals surface area (Å²) in [6.07, 6.45) is 1.63. The minimum atomic E-state index is 0.517. The Morgan fingerprint density at radius 3 is 2.60 bits per heavy atom. The third kappa shape index (κ3) is 4.05. The van der Waals surface area contributed by atoms with Gasteiger partial charge in [-0.3, -0.25) is 0 Å². The maximum atomic E-state index is 4.27. The molecule has 0 fully saturated rings. The molecule has 5 heavy (non-hydrogen) atoms. The highest BCUT2D eigenvalue weighted by Gasteiger charge is 1.59. The predicted molar refractivity (Wildman–Crippen MR) is 25.1 cm³/mol. The molecule has 0 spiro atoms. The zero-order valence-corrected chi connectivity index (χ0v) is 3.74. The van der Waals surface area contributed by atoms with Crippen molar-refractivity contribution in [1.82, 2.24) is 0 Å². The Balaban J connectivity index is 2.40. The lowest BCUT2D eigenvalue weighted by Crippen LogP contribution is -1.68. The quantitative estimate of drug-likeness (QED) is 0.303. The van der Waals surface area contributed by atoms with Crippen molar-refractivity contribution in [3.8, 4) is 0 Å². The van der Waals surface area contributed by atoms with E-state index < -0.39 is 0 Å². The van der Waals surface area contributed by atoms with Crippen LogP contribution < -0.4 is 0 Å². The second-order valence-electron chi connectivity index (χ2n) is 0.584. The Bertz CT molecular complexity index is 28.1. The van der Waals surface area contributed by atoms with Crippen LogP contribution in [0.4, 0.5) is 0 Å². The van der Waals surface area contributed by atoms with Crippen LogP contribution in [-0.2, 0) is 4.18 Å². The summed E-state index contributed by atoms with van der Waals surface area (Å²) in [7, 11) is 0. The SMILES string of the molecule is C=CCOS. The van der Waals surface area contributed by atoms with Gasteiger partial charge in [0.15, 0.2) is 0 Å². The van der Waals surface area contributed by atoms with Crippen LogP contribution in [-0.4, -0.2) is 6.61 Å². The van der Waals surface area contributed by atoms with Crippen LogP contribution in [0.25, 0.3) is 0 Å². The van der Waals surface area contributed by atoms with Crippen molar-refractivity contribution in [2.24, 2.45) is 0 Å². The van der Waals surface area contributed by atoms with Crippen molar-refractivity contribution in [2.45, 2.75) is 0 Å². The molecule has 0 amide bonds. The van der Waals surface area contributed by atoms with Crippen molar-refractivity contribution in [3.05, 3.63) is 12.7 Å². The first-order chi connectivity index (χ1) is 2.41. The summed E-state index contributed by atoms with van der Waals surface area (Å²) in [6, 6.07) is 0. The van der Waals surface area contributed by atoms with Crippen LogP contribution >= 0.6 is 12.9 Å². The van der Waals surface area contributed by atoms with Gasteiger partial charge in [0.1, 0.15) is 0 Å². The van der Waals surface area contributed by atoms with Gasteiger partial charge in [-0.1, -0.05) is 6.08 Å². The molecule has 0 aromatic carbocycles. The van der Waals surface area contributed by atoms with Gasteiger partial charge in [0.05, 0.1) is 6.61 Å². The molecule has 0 radical (unpaired) electrons. The van der Waals surface area contributed by atoms with Crippen molar-refractivity contribution < 1.29 is 4.18 Å². The monoisotopic (exact) mass is 90.0 g/mol. The maximum absolute atomic E-state index is 4.27. The summed E-state index contributed by atoms with van der Waals surface area (Å²) >= 11 is 3.43. The van der Waals surface area contributed by atoms with Gasteiger partial charge < -0.3 is 4.18 Å². The second-order valence-corrected chi connectivity index (χ2v) is 0.843. The topological polar surface area (TPSA) is 9.23 Å². The van der Waals surface area contributed by atoms with Gasteiger partial charge in [-0.25, -0.2) is 0 Å². The van der Waals surface area contributed by atoms with E-state index in [0.29, 0.717) is 6.61 Å². The van der Waals surface area contributed by atoms with Crippen LogP contribution in [0.1, 0.15) is 0 Å². The Labute approximate surface area is 37.3 Å². The first-order valence-electron chi connectivity index (χ1n) is 1.29. The Kier molecular flexibility index (Phi) is 4.09. The molecule has 0 N–H and O–H groups in total. The molecule has 0 heterocycles. The first kappa shape index (κ1) is 5.05. The average molecular weight is 90.1 g/mol. The highest BCUT2D eigenvalue weighted by atomic mass is 32.1. The predicted octanol–water partition coefficient (Wildman–Crippen LogP) is 1.03. The molecule has 0 saturated heterocycles. The Morgan fingerprint density at radius 2 is 2.60 bits per heavy atom. The summed E-state index contributed by atoms with van der Waals surface area (Å²) in [5, 5.41) is 0. The molecule has 0 rings (SSSR count). The number of thiol groups is 1. The van der Waals surface area contributed by atoms with Gasteiger partial charge >= 0.3 is 0 Å².